The highest BCUT2D eigenvalue weighted by atomic mass is 32.2. The molecule has 0 bridgehead atoms. The number of carbonyl (C=O) groups is 2. The Bertz CT molecular complexity index is 1180. The molecule has 0 radical (unpaired) electrons. The average molecular weight is 523 g/mol. The lowest BCUT2D eigenvalue weighted by Gasteiger charge is -2.20. The van der Waals surface area contributed by atoms with E-state index < -0.39 is 12.0 Å². The molecule has 1 amide bonds. The second kappa shape index (κ2) is 13.5. The number of carbonyl (C=O) groups excluding carboxylic acids is 1. The summed E-state index contributed by atoms with van der Waals surface area (Å²) < 4.78 is 0. The first-order valence-corrected chi connectivity index (χ1v) is 14.4. The van der Waals surface area contributed by atoms with E-state index in [2.05, 4.69) is 30.2 Å². The van der Waals surface area contributed by atoms with Gasteiger partial charge in [0.15, 0.2) is 0 Å². The Morgan fingerprint density at radius 1 is 1.06 bits per heavy atom. The summed E-state index contributed by atoms with van der Waals surface area (Å²) in [6, 6.07) is 15.1. The number of benzene rings is 2. The van der Waals surface area contributed by atoms with Crippen LogP contribution in [0.3, 0.4) is 0 Å². The third kappa shape index (κ3) is 7.61. The van der Waals surface area contributed by atoms with Gasteiger partial charge in [-0.05, 0) is 89.8 Å². The van der Waals surface area contributed by atoms with Crippen molar-refractivity contribution in [3.8, 4) is 11.1 Å². The number of aliphatic carboxylic acids is 1. The Balaban J connectivity index is 2.08. The van der Waals surface area contributed by atoms with Gasteiger partial charge < -0.3 is 10.4 Å². The average Bonchev–Trinajstić information content (AvgIpc) is 2.86. The zero-order valence-corrected chi connectivity index (χ0v) is 22.9. The number of hydrogen-bond acceptors (Lipinski definition) is 5. The molecule has 2 aromatic carbocycles. The van der Waals surface area contributed by atoms with Crippen molar-refractivity contribution in [3.63, 3.8) is 0 Å². The third-order valence-corrected chi connectivity index (χ3v) is 7.56. The van der Waals surface area contributed by atoms with Gasteiger partial charge >= 0.3 is 5.97 Å². The second-order valence-corrected chi connectivity index (χ2v) is 11.2. The maximum absolute atomic E-state index is 13.6. The lowest BCUT2D eigenvalue weighted by molar-refractivity contribution is -0.139. The van der Waals surface area contributed by atoms with Gasteiger partial charge in [0.1, 0.15) is 6.04 Å². The maximum Gasteiger partial charge on any atom is 0.326 e. The highest BCUT2D eigenvalue weighted by Gasteiger charge is 2.24. The molecule has 7 heteroatoms. The molecule has 3 aromatic rings. The van der Waals surface area contributed by atoms with Crippen molar-refractivity contribution in [2.24, 2.45) is 5.92 Å². The number of hydrogen-bond donors (Lipinski definition) is 2. The predicted octanol–water partition coefficient (Wildman–Crippen LogP) is 6.48. The largest absolute Gasteiger partial charge is 0.480 e. The molecule has 190 valence electrons. The SMILES string of the molecule is CSCCC(NC(=O)c1cc(CC(C)C)c(CSc2cccnc2)cc1-c1ccccc1C)C(=O)O. The summed E-state index contributed by atoms with van der Waals surface area (Å²) in [6.07, 6.45) is 6.75. The van der Waals surface area contributed by atoms with Crippen LogP contribution in [0.15, 0.2) is 65.8 Å². The van der Waals surface area contributed by atoms with E-state index in [1.165, 1.54) is 5.56 Å². The Morgan fingerprint density at radius 2 is 1.83 bits per heavy atom. The van der Waals surface area contributed by atoms with Gasteiger partial charge in [0, 0.05) is 28.6 Å². The number of pyridine rings is 1. The summed E-state index contributed by atoms with van der Waals surface area (Å²) in [6.45, 7) is 6.35. The maximum atomic E-state index is 13.6. The zero-order chi connectivity index (χ0) is 26.1. The monoisotopic (exact) mass is 522 g/mol. The van der Waals surface area contributed by atoms with Gasteiger partial charge in [-0.3, -0.25) is 9.78 Å². The van der Waals surface area contributed by atoms with Gasteiger partial charge in [-0.2, -0.15) is 11.8 Å². The standard InChI is InChI=1S/C29H34N2O3S2/c1-19(2)14-21-15-26(28(32)31-27(29(33)34)11-13-35-4)25(24-10-6-5-8-20(24)3)16-22(21)18-36-23-9-7-12-30-17-23/h5-10,12,15-17,19,27H,11,13-14,18H2,1-4H3,(H,31,32)(H,33,34). The molecule has 2 N–H and O–H groups in total. The number of aryl methyl sites for hydroxylation is 1. The van der Waals surface area contributed by atoms with Crippen molar-refractivity contribution < 1.29 is 14.7 Å². The quantitative estimate of drug-likeness (QED) is 0.265. The Kier molecular flexibility index (Phi) is 10.4. The van der Waals surface area contributed by atoms with E-state index in [-0.39, 0.29) is 5.91 Å². The second-order valence-electron chi connectivity index (χ2n) is 9.20. The number of amides is 1. The minimum Gasteiger partial charge on any atom is -0.480 e. The summed E-state index contributed by atoms with van der Waals surface area (Å²) in [7, 11) is 0. The van der Waals surface area contributed by atoms with Crippen LogP contribution in [0.2, 0.25) is 0 Å². The fourth-order valence-corrected chi connectivity index (χ4v) is 5.43. The lowest BCUT2D eigenvalue weighted by atomic mass is 9.89. The molecule has 1 atom stereocenters. The zero-order valence-electron chi connectivity index (χ0n) is 21.3. The van der Waals surface area contributed by atoms with Crippen molar-refractivity contribution in [3.05, 3.63) is 83.2 Å². The summed E-state index contributed by atoms with van der Waals surface area (Å²) in [5.41, 5.74) is 5.66. The minimum absolute atomic E-state index is 0.349. The molecule has 36 heavy (non-hydrogen) atoms. The minimum atomic E-state index is -1.01. The first-order valence-electron chi connectivity index (χ1n) is 12.1. The predicted molar refractivity (Wildman–Crippen MR) is 151 cm³/mol. The number of carboxylic acid groups (broad SMARTS) is 1. The normalized spacial score (nSPS) is 11.9. The number of aromatic nitrogens is 1. The molecule has 1 heterocycles. The van der Waals surface area contributed by atoms with Gasteiger partial charge in [0.05, 0.1) is 0 Å². The van der Waals surface area contributed by atoms with Crippen LogP contribution in [0.5, 0.6) is 0 Å². The van der Waals surface area contributed by atoms with Crippen LogP contribution in [0.1, 0.15) is 47.3 Å². The molecule has 0 spiro atoms. The van der Waals surface area contributed by atoms with Crippen LogP contribution >= 0.6 is 23.5 Å². The van der Waals surface area contributed by atoms with E-state index in [9.17, 15) is 14.7 Å². The number of nitrogens with zero attached hydrogens (tertiary/aromatic N) is 1. The first kappa shape index (κ1) is 27.8. The fraction of sp³-hybridized carbons (Fsp3) is 0.345. The topological polar surface area (TPSA) is 79.3 Å². The molecule has 0 fully saturated rings. The molecular weight excluding hydrogens is 488 g/mol. The van der Waals surface area contributed by atoms with Crippen LogP contribution in [0, 0.1) is 12.8 Å². The van der Waals surface area contributed by atoms with Crippen LogP contribution in [-0.2, 0) is 17.0 Å². The first-order chi connectivity index (χ1) is 17.3. The van der Waals surface area contributed by atoms with Crippen molar-refractivity contribution in [2.75, 3.05) is 12.0 Å². The molecule has 0 saturated carbocycles. The molecule has 0 aliphatic heterocycles. The molecule has 1 aromatic heterocycles. The third-order valence-electron chi connectivity index (χ3n) is 5.89. The molecule has 0 aliphatic carbocycles. The van der Waals surface area contributed by atoms with Crippen LogP contribution in [0.25, 0.3) is 11.1 Å². The van der Waals surface area contributed by atoms with Gasteiger partial charge in [-0.1, -0.05) is 38.1 Å². The number of carboxylic acids is 1. The summed E-state index contributed by atoms with van der Waals surface area (Å²) >= 11 is 3.28. The van der Waals surface area contributed by atoms with Gasteiger partial charge in [0.2, 0.25) is 0 Å². The van der Waals surface area contributed by atoms with Gasteiger partial charge in [0.25, 0.3) is 5.91 Å². The lowest BCUT2D eigenvalue weighted by Crippen LogP contribution is -2.41. The van der Waals surface area contributed by atoms with Crippen molar-refractivity contribution in [1.82, 2.24) is 10.3 Å². The molecule has 0 aliphatic rings. The number of rotatable bonds is 12. The molecular formula is C29H34N2O3S2. The fourth-order valence-electron chi connectivity index (χ4n) is 4.06. The van der Waals surface area contributed by atoms with E-state index in [1.54, 1.807) is 29.7 Å². The van der Waals surface area contributed by atoms with E-state index in [0.717, 1.165) is 39.3 Å². The Morgan fingerprint density at radius 3 is 2.47 bits per heavy atom. The summed E-state index contributed by atoms with van der Waals surface area (Å²) in [5.74, 6) is 0.450. The Hall–Kier alpha value is -2.77. The number of nitrogens with one attached hydrogen (secondary N) is 1. The van der Waals surface area contributed by atoms with Gasteiger partial charge in [-0.15, -0.1) is 11.8 Å². The van der Waals surface area contributed by atoms with Crippen molar-refractivity contribution in [2.45, 2.75) is 50.3 Å². The highest BCUT2D eigenvalue weighted by molar-refractivity contribution is 7.98. The van der Waals surface area contributed by atoms with E-state index >= 15 is 0 Å². The van der Waals surface area contributed by atoms with Crippen LogP contribution < -0.4 is 5.32 Å². The Labute approximate surface area is 222 Å². The van der Waals surface area contributed by atoms with E-state index in [1.807, 2.05) is 61.8 Å². The molecule has 1 unspecified atom stereocenters. The highest BCUT2D eigenvalue weighted by Crippen LogP contribution is 2.34. The molecule has 5 nitrogen and oxygen atoms in total. The summed E-state index contributed by atoms with van der Waals surface area (Å²) in [4.78, 5) is 30.7. The van der Waals surface area contributed by atoms with Crippen LogP contribution in [0.4, 0.5) is 0 Å². The smallest absolute Gasteiger partial charge is 0.326 e. The molecule has 0 saturated heterocycles. The summed E-state index contributed by atoms with van der Waals surface area (Å²) in [5, 5.41) is 12.5. The van der Waals surface area contributed by atoms with Crippen molar-refractivity contribution in [1.29, 1.82) is 0 Å². The van der Waals surface area contributed by atoms with Crippen LogP contribution in [-0.4, -0.2) is 40.0 Å². The van der Waals surface area contributed by atoms with E-state index in [4.69, 9.17) is 0 Å². The van der Waals surface area contributed by atoms with E-state index in [0.29, 0.717) is 23.7 Å². The van der Waals surface area contributed by atoms with Gasteiger partial charge in [-0.25, -0.2) is 4.79 Å². The number of thioether (sulfide) groups is 2. The van der Waals surface area contributed by atoms with Crippen molar-refractivity contribution >= 4 is 35.4 Å². The molecule has 3 rings (SSSR count).